The van der Waals surface area contributed by atoms with Crippen molar-refractivity contribution in [2.45, 2.75) is 6.04 Å². The van der Waals surface area contributed by atoms with Gasteiger partial charge in [0, 0.05) is 11.9 Å². The minimum Gasteiger partial charge on any atom is -0.480 e. The normalized spacial score (nSPS) is 11.9. The van der Waals surface area contributed by atoms with Crippen molar-refractivity contribution in [2.24, 2.45) is 5.73 Å². The summed E-state index contributed by atoms with van der Waals surface area (Å²) in [6.07, 6.45) is 1.36. The quantitative estimate of drug-likeness (QED) is 0.732. The third kappa shape index (κ3) is 5.65. The summed E-state index contributed by atoms with van der Waals surface area (Å²) in [6, 6.07) is 0.467. The summed E-state index contributed by atoms with van der Waals surface area (Å²) in [7, 11) is 0. The highest BCUT2D eigenvalue weighted by atomic mass is 35.5. The van der Waals surface area contributed by atoms with Crippen LogP contribution >= 0.6 is 35.0 Å². The molecule has 0 aromatic carbocycles. The molecule has 4 N–H and O–H groups in total. The van der Waals surface area contributed by atoms with Gasteiger partial charge in [-0.25, -0.2) is 4.98 Å². The number of anilines is 1. The van der Waals surface area contributed by atoms with E-state index in [2.05, 4.69) is 10.3 Å². The summed E-state index contributed by atoms with van der Waals surface area (Å²) in [4.78, 5) is 25.9. The van der Waals surface area contributed by atoms with E-state index >= 15 is 0 Å². The second kappa shape index (κ2) is 7.54. The summed E-state index contributed by atoms with van der Waals surface area (Å²) in [5.41, 5.74) is 5.30. The number of rotatable bonds is 6. The molecule has 0 saturated heterocycles. The fourth-order valence-electron chi connectivity index (χ4n) is 1.02. The van der Waals surface area contributed by atoms with E-state index in [0.717, 1.165) is 11.8 Å². The molecule has 19 heavy (non-hydrogen) atoms. The van der Waals surface area contributed by atoms with Gasteiger partial charge < -0.3 is 16.2 Å². The van der Waals surface area contributed by atoms with Crippen LogP contribution in [0, 0.1) is 0 Å². The van der Waals surface area contributed by atoms with Crippen molar-refractivity contribution in [2.75, 3.05) is 16.8 Å². The lowest BCUT2D eigenvalue weighted by atomic mass is 10.4. The summed E-state index contributed by atoms with van der Waals surface area (Å²) >= 11 is 12.6. The molecular formula is C10H11Cl2N3O3S. The van der Waals surface area contributed by atoms with Crippen LogP contribution in [0.5, 0.6) is 0 Å². The van der Waals surface area contributed by atoms with E-state index in [1.165, 1.54) is 12.3 Å². The Morgan fingerprint density at radius 3 is 2.79 bits per heavy atom. The Morgan fingerprint density at radius 2 is 2.21 bits per heavy atom. The van der Waals surface area contributed by atoms with Crippen molar-refractivity contribution in [3.8, 4) is 0 Å². The lowest BCUT2D eigenvalue weighted by Crippen LogP contribution is -2.33. The van der Waals surface area contributed by atoms with E-state index in [0.29, 0.717) is 5.02 Å². The van der Waals surface area contributed by atoms with Crippen LogP contribution in [0.1, 0.15) is 0 Å². The first-order valence-electron chi connectivity index (χ1n) is 5.07. The van der Waals surface area contributed by atoms with E-state index in [9.17, 15) is 9.59 Å². The van der Waals surface area contributed by atoms with E-state index in [4.69, 9.17) is 34.0 Å². The molecule has 1 heterocycles. The number of hydrogen-bond acceptors (Lipinski definition) is 5. The number of aliphatic carboxylic acids is 1. The first-order valence-corrected chi connectivity index (χ1v) is 6.98. The second-order valence-electron chi connectivity index (χ2n) is 3.49. The minimum atomic E-state index is -1.10. The smallest absolute Gasteiger partial charge is 0.321 e. The van der Waals surface area contributed by atoms with E-state index in [1.54, 1.807) is 0 Å². The molecule has 0 aliphatic rings. The molecule has 9 heteroatoms. The largest absolute Gasteiger partial charge is 0.480 e. The van der Waals surface area contributed by atoms with Crippen molar-refractivity contribution in [3.63, 3.8) is 0 Å². The Morgan fingerprint density at radius 1 is 1.53 bits per heavy atom. The average Bonchev–Trinajstić information content (AvgIpc) is 2.32. The highest BCUT2D eigenvalue weighted by Gasteiger charge is 2.13. The first kappa shape index (κ1) is 16.0. The van der Waals surface area contributed by atoms with E-state index in [1.807, 2.05) is 0 Å². The maximum absolute atomic E-state index is 11.5. The molecular weight excluding hydrogens is 313 g/mol. The number of carboxylic acid groups (broad SMARTS) is 1. The monoisotopic (exact) mass is 323 g/mol. The molecule has 1 rings (SSSR count). The summed E-state index contributed by atoms with van der Waals surface area (Å²) < 4.78 is 0. The molecule has 0 bridgehead atoms. The molecule has 1 aromatic heterocycles. The fraction of sp³-hybridized carbons (Fsp3) is 0.300. The highest BCUT2D eigenvalue weighted by Crippen LogP contribution is 2.22. The molecule has 6 nitrogen and oxygen atoms in total. The molecule has 0 saturated carbocycles. The molecule has 0 aliphatic heterocycles. The van der Waals surface area contributed by atoms with Gasteiger partial charge in [0.15, 0.2) is 5.82 Å². The third-order valence-corrected chi connectivity index (χ3v) is 3.47. The number of pyridine rings is 1. The maximum Gasteiger partial charge on any atom is 0.321 e. The van der Waals surface area contributed by atoms with E-state index in [-0.39, 0.29) is 28.3 Å². The lowest BCUT2D eigenvalue weighted by Gasteiger charge is -2.07. The van der Waals surface area contributed by atoms with Gasteiger partial charge >= 0.3 is 5.97 Å². The number of nitrogens with zero attached hydrogens (tertiary/aromatic N) is 1. The Kier molecular flexibility index (Phi) is 6.36. The Balaban J connectivity index is 2.41. The van der Waals surface area contributed by atoms with Gasteiger partial charge in [0.25, 0.3) is 0 Å². The Hall–Kier alpha value is -1.02. The number of amides is 1. The zero-order valence-electron chi connectivity index (χ0n) is 9.60. The number of carbonyl (C=O) groups excluding carboxylic acids is 1. The number of carboxylic acids is 1. The van der Waals surface area contributed by atoms with Gasteiger partial charge in [0.05, 0.1) is 15.8 Å². The molecule has 0 aliphatic carbocycles. The maximum atomic E-state index is 11.5. The van der Waals surface area contributed by atoms with Crippen LogP contribution in [-0.2, 0) is 9.59 Å². The van der Waals surface area contributed by atoms with E-state index < -0.39 is 12.0 Å². The van der Waals surface area contributed by atoms with Crippen LogP contribution in [0.25, 0.3) is 0 Å². The zero-order chi connectivity index (χ0) is 14.4. The SMILES string of the molecule is N[C@@H](CSCC(=O)Nc1ncc(Cl)cc1Cl)C(=O)O. The molecule has 1 aromatic rings. The fourth-order valence-corrected chi connectivity index (χ4v) is 2.22. The number of thioether (sulfide) groups is 1. The predicted molar refractivity (Wildman–Crippen MR) is 75.8 cm³/mol. The minimum absolute atomic E-state index is 0.0572. The van der Waals surface area contributed by atoms with Crippen LogP contribution in [0.3, 0.4) is 0 Å². The molecule has 0 radical (unpaired) electrons. The number of carbonyl (C=O) groups is 2. The predicted octanol–water partition coefficient (Wildman–Crippen LogP) is 1.47. The van der Waals surface area contributed by atoms with Crippen molar-refractivity contribution in [1.29, 1.82) is 0 Å². The average molecular weight is 324 g/mol. The summed E-state index contributed by atoms with van der Waals surface area (Å²) in [6.45, 7) is 0. The van der Waals surface area contributed by atoms with Crippen molar-refractivity contribution < 1.29 is 14.7 Å². The Bertz CT molecular complexity index is 487. The van der Waals surface area contributed by atoms with Crippen LogP contribution < -0.4 is 11.1 Å². The lowest BCUT2D eigenvalue weighted by molar-refractivity contribution is -0.137. The van der Waals surface area contributed by atoms with Crippen LogP contribution in [0.4, 0.5) is 5.82 Å². The highest BCUT2D eigenvalue weighted by molar-refractivity contribution is 8.00. The number of aromatic nitrogens is 1. The summed E-state index contributed by atoms with van der Waals surface area (Å²) in [5, 5.41) is 11.7. The topological polar surface area (TPSA) is 105 Å². The van der Waals surface area contributed by atoms with Crippen LogP contribution in [0.15, 0.2) is 12.3 Å². The molecule has 104 valence electrons. The molecule has 0 fully saturated rings. The number of hydrogen-bond donors (Lipinski definition) is 3. The van der Waals surface area contributed by atoms with Gasteiger partial charge in [-0.2, -0.15) is 0 Å². The van der Waals surface area contributed by atoms with Gasteiger partial charge in [0.2, 0.25) is 5.91 Å². The van der Waals surface area contributed by atoms with Crippen LogP contribution in [0.2, 0.25) is 10.0 Å². The number of halogens is 2. The first-order chi connectivity index (χ1) is 8.90. The third-order valence-electron chi connectivity index (χ3n) is 1.91. The molecule has 1 atom stereocenters. The number of nitrogens with two attached hydrogens (primary N) is 1. The van der Waals surface area contributed by atoms with Gasteiger partial charge in [-0.05, 0) is 6.07 Å². The van der Waals surface area contributed by atoms with Gasteiger partial charge in [-0.3, -0.25) is 9.59 Å². The Labute approximate surface area is 123 Å². The van der Waals surface area contributed by atoms with Crippen LogP contribution in [-0.4, -0.2) is 39.5 Å². The number of nitrogens with one attached hydrogen (secondary N) is 1. The van der Waals surface area contributed by atoms with Crippen molar-refractivity contribution >= 4 is 52.7 Å². The standard InChI is InChI=1S/C10H11Cl2N3O3S/c11-5-1-6(12)9(14-2-5)15-8(16)4-19-3-7(13)10(17)18/h1-2,7H,3-4,13H2,(H,17,18)(H,14,15,16)/t7-/m0/s1. The molecule has 0 spiro atoms. The second-order valence-corrected chi connectivity index (χ2v) is 5.37. The molecule has 0 unspecified atom stereocenters. The molecule has 1 amide bonds. The van der Waals surface area contributed by atoms with Gasteiger partial charge in [-0.1, -0.05) is 23.2 Å². The summed E-state index contributed by atoms with van der Waals surface area (Å²) in [5.74, 6) is -1.04. The van der Waals surface area contributed by atoms with Gasteiger partial charge in [0.1, 0.15) is 6.04 Å². The van der Waals surface area contributed by atoms with Crippen molar-refractivity contribution in [1.82, 2.24) is 4.98 Å². The van der Waals surface area contributed by atoms with Gasteiger partial charge in [-0.15, -0.1) is 11.8 Å². The van der Waals surface area contributed by atoms with Crippen molar-refractivity contribution in [3.05, 3.63) is 22.3 Å². The zero-order valence-corrected chi connectivity index (χ0v) is 11.9.